The van der Waals surface area contributed by atoms with E-state index >= 15 is 0 Å². The molecule has 0 aliphatic rings. The molecule has 0 saturated heterocycles. The Morgan fingerprint density at radius 3 is 3.17 bits per heavy atom. The molecule has 0 amide bonds. The first-order valence-corrected chi connectivity index (χ1v) is 3.61. The molecule has 4 nitrogen and oxygen atoms in total. The third-order valence-corrected chi connectivity index (χ3v) is 1.25. The second-order valence-corrected chi connectivity index (χ2v) is 2.61. The number of nitrogens with one attached hydrogen (secondary N) is 2. The minimum atomic E-state index is -0.158. The molecule has 0 aliphatic heterocycles. The van der Waals surface area contributed by atoms with Crippen LogP contribution in [0.1, 0.15) is 6.92 Å². The van der Waals surface area contributed by atoms with Crippen molar-refractivity contribution in [2.75, 3.05) is 11.9 Å². The van der Waals surface area contributed by atoms with Gasteiger partial charge in [0.1, 0.15) is 5.82 Å². The summed E-state index contributed by atoms with van der Waals surface area (Å²) in [5, 5.41) is 2.95. The van der Waals surface area contributed by atoms with E-state index in [9.17, 15) is 4.79 Å². The van der Waals surface area contributed by atoms with Gasteiger partial charge >= 0.3 is 0 Å². The Morgan fingerprint density at radius 1 is 1.83 bits per heavy atom. The summed E-state index contributed by atoms with van der Waals surface area (Å²) in [5.74, 6) is 0.571. The van der Waals surface area contributed by atoms with Crippen molar-refractivity contribution in [3.05, 3.63) is 34.9 Å². The van der Waals surface area contributed by atoms with Gasteiger partial charge in [-0.15, -0.1) is 0 Å². The Balaban J connectivity index is 2.64. The largest absolute Gasteiger partial charge is 0.366 e. The van der Waals surface area contributed by atoms with E-state index in [0.717, 1.165) is 5.57 Å². The first-order valence-electron chi connectivity index (χ1n) is 3.61. The average molecular weight is 165 g/mol. The zero-order valence-electron chi connectivity index (χ0n) is 6.92. The smallest absolute Gasteiger partial charge is 0.252 e. The molecule has 1 rings (SSSR count). The highest BCUT2D eigenvalue weighted by Crippen LogP contribution is 1.96. The van der Waals surface area contributed by atoms with E-state index in [-0.39, 0.29) is 5.56 Å². The Hall–Kier alpha value is -1.58. The normalized spacial score (nSPS) is 9.42. The lowest BCUT2D eigenvalue weighted by Crippen LogP contribution is -2.10. The highest BCUT2D eigenvalue weighted by atomic mass is 16.1. The number of rotatable bonds is 3. The minimum absolute atomic E-state index is 0.158. The molecule has 1 heterocycles. The van der Waals surface area contributed by atoms with Crippen LogP contribution in [-0.4, -0.2) is 16.5 Å². The van der Waals surface area contributed by atoms with Crippen LogP contribution < -0.4 is 10.9 Å². The first kappa shape index (κ1) is 8.52. The molecule has 4 heteroatoms. The number of aromatic nitrogens is 2. The van der Waals surface area contributed by atoms with Crippen molar-refractivity contribution in [3.8, 4) is 0 Å². The zero-order valence-corrected chi connectivity index (χ0v) is 6.92. The lowest BCUT2D eigenvalue weighted by atomic mass is 10.3. The fourth-order valence-electron chi connectivity index (χ4n) is 0.707. The molecular formula is C8H11N3O. The van der Waals surface area contributed by atoms with E-state index in [1.54, 1.807) is 0 Å². The van der Waals surface area contributed by atoms with Crippen LogP contribution in [0.3, 0.4) is 0 Å². The highest BCUT2D eigenvalue weighted by Gasteiger charge is 1.92. The predicted molar refractivity (Wildman–Crippen MR) is 48.2 cm³/mol. The fourth-order valence-corrected chi connectivity index (χ4v) is 0.707. The number of aromatic amines is 1. The van der Waals surface area contributed by atoms with E-state index in [1.807, 2.05) is 6.92 Å². The summed E-state index contributed by atoms with van der Waals surface area (Å²) < 4.78 is 0. The van der Waals surface area contributed by atoms with Crippen molar-refractivity contribution in [3.63, 3.8) is 0 Å². The van der Waals surface area contributed by atoms with Crippen LogP contribution in [0.4, 0.5) is 5.82 Å². The lowest BCUT2D eigenvalue weighted by Gasteiger charge is -2.02. The van der Waals surface area contributed by atoms with Crippen LogP contribution in [0.15, 0.2) is 29.3 Å². The van der Waals surface area contributed by atoms with Gasteiger partial charge in [0.2, 0.25) is 0 Å². The summed E-state index contributed by atoms with van der Waals surface area (Å²) in [7, 11) is 0. The van der Waals surface area contributed by atoms with Gasteiger partial charge in [-0.3, -0.25) is 4.79 Å². The van der Waals surface area contributed by atoms with Gasteiger partial charge in [0.25, 0.3) is 5.56 Å². The molecule has 1 aromatic heterocycles. The zero-order chi connectivity index (χ0) is 8.97. The number of hydrogen-bond donors (Lipinski definition) is 2. The van der Waals surface area contributed by atoms with Crippen LogP contribution in [0.5, 0.6) is 0 Å². The van der Waals surface area contributed by atoms with E-state index in [4.69, 9.17) is 0 Å². The summed E-state index contributed by atoms with van der Waals surface area (Å²) in [6.45, 7) is 6.25. The Bertz CT molecular complexity index is 329. The van der Waals surface area contributed by atoms with Crippen LogP contribution in [0, 0.1) is 0 Å². The minimum Gasteiger partial charge on any atom is -0.366 e. The Kier molecular flexibility index (Phi) is 2.63. The SMILES string of the molecule is C=C(C)CNc1cc(=O)[nH]cn1. The average Bonchev–Trinajstić information content (AvgIpc) is 2.01. The van der Waals surface area contributed by atoms with Gasteiger partial charge in [0.05, 0.1) is 6.33 Å². The summed E-state index contributed by atoms with van der Waals surface area (Å²) in [6.07, 6.45) is 1.36. The van der Waals surface area contributed by atoms with Gasteiger partial charge in [-0.2, -0.15) is 0 Å². The molecule has 0 aromatic carbocycles. The first-order chi connectivity index (χ1) is 5.68. The van der Waals surface area contributed by atoms with Crippen molar-refractivity contribution in [1.82, 2.24) is 9.97 Å². The summed E-state index contributed by atoms with van der Waals surface area (Å²) in [4.78, 5) is 17.1. The summed E-state index contributed by atoms with van der Waals surface area (Å²) >= 11 is 0. The molecule has 0 atom stereocenters. The van der Waals surface area contributed by atoms with Crippen molar-refractivity contribution >= 4 is 5.82 Å². The van der Waals surface area contributed by atoms with Crippen molar-refractivity contribution in [2.24, 2.45) is 0 Å². The maximum absolute atomic E-state index is 10.8. The van der Waals surface area contributed by atoms with Gasteiger partial charge in [0.15, 0.2) is 0 Å². The second kappa shape index (κ2) is 3.71. The van der Waals surface area contributed by atoms with Crippen LogP contribution in [-0.2, 0) is 0 Å². The van der Waals surface area contributed by atoms with Gasteiger partial charge in [-0.1, -0.05) is 12.2 Å². The van der Waals surface area contributed by atoms with E-state index in [1.165, 1.54) is 12.4 Å². The highest BCUT2D eigenvalue weighted by molar-refractivity contribution is 5.33. The van der Waals surface area contributed by atoms with Crippen molar-refractivity contribution < 1.29 is 0 Å². The molecular weight excluding hydrogens is 154 g/mol. The van der Waals surface area contributed by atoms with Crippen LogP contribution >= 0.6 is 0 Å². The van der Waals surface area contributed by atoms with Crippen molar-refractivity contribution in [1.29, 1.82) is 0 Å². The molecule has 0 aliphatic carbocycles. The lowest BCUT2D eigenvalue weighted by molar-refractivity contribution is 1.09. The molecule has 0 bridgehead atoms. The third kappa shape index (κ3) is 2.57. The molecule has 2 N–H and O–H groups in total. The fraction of sp³-hybridized carbons (Fsp3) is 0.250. The number of H-pyrrole nitrogens is 1. The molecule has 0 radical (unpaired) electrons. The number of anilines is 1. The summed E-state index contributed by atoms with van der Waals surface area (Å²) in [5.41, 5.74) is 0.839. The quantitative estimate of drug-likeness (QED) is 0.650. The summed E-state index contributed by atoms with van der Waals surface area (Å²) in [6, 6.07) is 1.41. The van der Waals surface area contributed by atoms with E-state index < -0.39 is 0 Å². The van der Waals surface area contributed by atoms with Gasteiger partial charge < -0.3 is 10.3 Å². The second-order valence-electron chi connectivity index (χ2n) is 2.61. The third-order valence-electron chi connectivity index (χ3n) is 1.25. The van der Waals surface area contributed by atoms with Crippen LogP contribution in [0.25, 0.3) is 0 Å². The van der Waals surface area contributed by atoms with Crippen molar-refractivity contribution in [2.45, 2.75) is 6.92 Å². The Morgan fingerprint density at radius 2 is 2.58 bits per heavy atom. The van der Waals surface area contributed by atoms with E-state index in [0.29, 0.717) is 12.4 Å². The monoisotopic (exact) mass is 165 g/mol. The van der Waals surface area contributed by atoms with Gasteiger partial charge in [-0.25, -0.2) is 4.98 Å². The molecule has 12 heavy (non-hydrogen) atoms. The van der Waals surface area contributed by atoms with E-state index in [2.05, 4.69) is 21.9 Å². The maximum Gasteiger partial charge on any atom is 0.252 e. The molecule has 0 unspecified atom stereocenters. The molecule has 0 spiro atoms. The molecule has 1 aromatic rings. The van der Waals surface area contributed by atoms with Gasteiger partial charge in [0, 0.05) is 12.6 Å². The van der Waals surface area contributed by atoms with Crippen LogP contribution in [0.2, 0.25) is 0 Å². The standard InChI is InChI=1S/C8H11N3O/c1-6(2)4-9-7-3-8(12)11-5-10-7/h3,5H,1,4H2,2H3,(H2,9,10,11,12). The number of hydrogen-bond acceptors (Lipinski definition) is 3. The molecule has 64 valence electrons. The maximum atomic E-state index is 10.8. The Labute approximate surface area is 70.4 Å². The topological polar surface area (TPSA) is 57.8 Å². The predicted octanol–water partition coefficient (Wildman–Crippen LogP) is 0.758. The molecule has 0 saturated carbocycles. The van der Waals surface area contributed by atoms with Gasteiger partial charge in [-0.05, 0) is 6.92 Å². The number of nitrogens with zero attached hydrogens (tertiary/aromatic N) is 1. The molecule has 0 fully saturated rings.